The number of hydrogen-bond donors (Lipinski definition) is 2. The Morgan fingerprint density at radius 1 is 0.806 bits per heavy atom. The van der Waals surface area contributed by atoms with Crippen molar-refractivity contribution in [1.29, 1.82) is 0 Å². The molecule has 31 heavy (non-hydrogen) atoms. The average Bonchev–Trinajstić information content (AvgIpc) is 2.68. The summed E-state index contributed by atoms with van der Waals surface area (Å²) in [4.78, 5) is 28.9. The molecule has 4 N–H and O–H groups in total. The predicted molar refractivity (Wildman–Crippen MR) is 112 cm³/mol. The van der Waals surface area contributed by atoms with Crippen LogP contribution in [0.15, 0.2) is 36.4 Å². The van der Waals surface area contributed by atoms with Gasteiger partial charge in [0, 0.05) is 48.7 Å². The second-order valence-electron chi connectivity index (χ2n) is 7.66. The molecule has 1 heterocycles. The van der Waals surface area contributed by atoms with E-state index in [1.807, 2.05) is 6.92 Å². The summed E-state index contributed by atoms with van der Waals surface area (Å²) in [5, 5.41) is 0. The average molecular weight is 434 g/mol. The molecule has 1 aliphatic rings. The highest BCUT2D eigenvalue weighted by Gasteiger charge is 2.34. The highest BCUT2D eigenvalue weighted by molar-refractivity contribution is 5.96. The van der Waals surface area contributed by atoms with Gasteiger partial charge in [-0.15, -0.1) is 0 Å². The van der Waals surface area contributed by atoms with Crippen molar-refractivity contribution in [3.8, 4) is 0 Å². The highest BCUT2D eigenvalue weighted by Crippen LogP contribution is 2.34. The zero-order valence-corrected chi connectivity index (χ0v) is 17.2. The predicted octanol–water partition coefficient (Wildman–Crippen LogP) is 3.56. The summed E-state index contributed by atoms with van der Waals surface area (Å²) in [6.45, 7) is 3.41. The van der Waals surface area contributed by atoms with Crippen molar-refractivity contribution in [2.24, 2.45) is 0 Å². The van der Waals surface area contributed by atoms with Crippen LogP contribution in [-0.2, 0) is 6.18 Å². The van der Waals surface area contributed by atoms with Crippen LogP contribution in [0, 0.1) is 6.92 Å². The standard InChI is InChI=1S/C22H25F3N4O2/c1-14-12-15(4-6-18(14)26)20(30)28-8-2-10-29(11-3-9-28)21(31)16-5-7-19(27)17(13-16)22(23,24)25/h4-7,12-13H,2-3,8-11,26-27H2,1H3. The first-order valence-electron chi connectivity index (χ1n) is 9.99. The van der Waals surface area contributed by atoms with Gasteiger partial charge in [-0.1, -0.05) is 0 Å². The Hall–Kier alpha value is -3.23. The Morgan fingerprint density at radius 2 is 1.26 bits per heavy atom. The van der Waals surface area contributed by atoms with Crippen molar-refractivity contribution in [1.82, 2.24) is 9.80 Å². The number of halogens is 3. The van der Waals surface area contributed by atoms with E-state index in [9.17, 15) is 22.8 Å². The van der Waals surface area contributed by atoms with Crippen LogP contribution in [0.1, 0.15) is 44.7 Å². The van der Waals surface area contributed by atoms with E-state index in [1.165, 1.54) is 11.0 Å². The van der Waals surface area contributed by atoms with Crippen LogP contribution < -0.4 is 11.5 Å². The molecule has 0 radical (unpaired) electrons. The first-order chi connectivity index (χ1) is 14.6. The molecule has 0 aromatic heterocycles. The fourth-order valence-electron chi connectivity index (χ4n) is 3.64. The van der Waals surface area contributed by atoms with E-state index in [0.717, 1.165) is 17.7 Å². The summed E-state index contributed by atoms with van der Waals surface area (Å²) in [7, 11) is 0. The number of benzene rings is 2. The fourth-order valence-corrected chi connectivity index (χ4v) is 3.64. The second kappa shape index (κ2) is 8.87. The van der Waals surface area contributed by atoms with Crippen LogP contribution in [0.3, 0.4) is 0 Å². The number of anilines is 2. The molecule has 1 aliphatic heterocycles. The van der Waals surface area contributed by atoms with E-state index >= 15 is 0 Å². The molecular formula is C22H25F3N4O2. The molecule has 3 rings (SSSR count). The maximum absolute atomic E-state index is 13.1. The van der Waals surface area contributed by atoms with Crippen LogP contribution in [0.4, 0.5) is 24.5 Å². The van der Waals surface area contributed by atoms with Gasteiger partial charge in [-0.2, -0.15) is 13.2 Å². The molecule has 2 aromatic rings. The number of nitrogens with zero attached hydrogens (tertiary/aromatic N) is 2. The highest BCUT2D eigenvalue weighted by atomic mass is 19.4. The molecule has 0 bridgehead atoms. The summed E-state index contributed by atoms with van der Waals surface area (Å²) in [6, 6.07) is 8.37. The number of hydrogen-bond acceptors (Lipinski definition) is 4. The van der Waals surface area contributed by atoms with E-state index in [-0.39, 0.29) is 11.5 Å². The third kappa shape index (κ3) is 5.10. The molecule has 9 heteroatoms. The van der Waals surface area contributed by atoms with Crippen LogP contribution >= 0.6 is 0 Å². The number of aryl methyl sites for hydroxylation is 1. The maximum Gasteiger partial charge on any atom is 0.418 e. The number of carbonyl (C=O) groups excluding carboxylic acids is 2. The van der Waals surface area contributed by atoms with Gasteiger partial charge < -0.3 is 21.3 Å². The Bertz CT molecular complexity index is 981. The van der Waals surface area contributed by atoms with Gasteiger partial charge in [0.05, 0.1) is 5.56 Å². The fraction of sp³-hybridized carbons (Fsp3) is 0.364. The Morgan fingerprint density at radius 3 is 1.71 bits per heavy atom. The summed E-state index contributed by atoms with van der Waals surface area (Å²) in [5.41, 5.74) is 11.8. The summed E-state index contributed by atoms with van der Waals surface area (Å²) in [6.07, 6.45) is -3.59. The number of nitrogen functional groups attached to an aromatic ring is 2. The summed E-state index contributed by atoms with van der Waals surface area (Å²) >= 11 is 0. The third-order valence-electron chi connectivity index (χ3n) is 5.41. The summed E-state index contributed by atoms with van der Waals surface area (Å²) in [5.74, 6) is -0.573. The molecule has 1 fully saturated rings. The largest absolute Gasteiger partial charge is 0.418 e. The topological polar surface area (TPSA) is 92.7 Å². The molecule has 2 amide bonds. The number of nitrogens with two attached hydrogens (primary N) is 2. The summed E-state index contributed by atoms with van der Waals surface area (Å²) < 4.78 is 39.3. The minimum atomic E-state index is -4.63. The van der Waals surface area contributed by atoms with Crippen LogP contribution in [-0.4, -0.2) is 47.8 Å². The molecule has 6 nitrogen and oxygen atoms in total. The Labute approximate surface area is 178 Å². The molecule has 166 valence electrons. The number of alkyl halides is 3. The van der Waals surface area contributed by atoms with Gasteiger partial charge in [-0.3, -0.25) is 9.59 Å². The number of carbonyl (C=O) groups is 2. The quantitative estimate of drug-likeness (QED) is 0.707. The van der Waals surface area contributed by atoms with E-state index in [4.69, 9.17) is 11.5 Å². The normalized spacial score (nSPS) is 15.4. The molecule has 0 atom stereocenters. The van der Waals surface area contributed by atoms with Crippen molar-refractivity contribution < 1.29 is 22.8 Å². The number of amides is 2. The maximum atomic E-state index is 13.1. The molecule has 2 aromatic carbocycles. The van der Waals surface area contributed by atoms with Gasteiger partial charge in [0.25, 0.3) is 11.8 Å². The van der Waals surface area contributed by atoms with Crippen molar-refractivity contribution >= 4 is 23.2 Å². The third-order valence-corrected chi connectivity index (χ3v) is 5.41. The minimum Gasteiger partial charge on any atom is -0.399 e. The lowest BCUT2D eigenvalue weighted by Gasteiger charge is -2.31. The van der Waals surface area contributed by atoms with Gasteiger partial charge in [-0.05, 0) is 61.7 Å². The zero-order valence-electron chi connectivity index (χ0n) is 17.2. The molecular weight excluding hydrogens is 409 g/mol. The number of rotatable bonds is 2. The lowest BCUT2D eigenvalue weighted by atomic mass is 10.1. The first-order valence-corrected chi connectivity index (χ1v) is 9.99. The van der Waals surface area contributed by atoms with Gasteiger partial charge in [0.15, 0.2) is 0 Å². The van der Waals surface area contributed by atoms with Crippen molar-refractivity contribution in [2.75, 3.05) is 37.6 Å². The monoisotopic (exact) mass is 434 g/mol. The van der Waals surface area contributed by atoms with E-state index in [1.54, 1.807) is 23.1 Å². The van der Waals surface area contributed by atoms with Crippen LogP contribution in [0.25, 0.3) is 0 Å². The molecule has 0 aliphatic carbocycles. The van der Waals surface area contributed by atoms with Crippen molar-refractivity contribution in [3.63, 3.8) is 0 Å². The van der Waals surface area contributed by atoms with Gasteiger partial charge in [-0.25, -0.2) is 0 Å². The zero-order chi connectivity index (χ0) is 22.8. The minimum absolute atomic E-state index is 0.0487. The molecule has 0 unspecified atom stereocenters. The smallest absolute Gasteiger partial charge is 0.399 e. The Kier molecular flexibility index (Phi) is 6.42. The molecule has 1 saturated heterocycles. The van der Waals surface area contributed by atoms with Gasteiger partial charge >= 0.3 is 6.18 Å². The van der Waals surface area contributed by atoms with Gasteiger partial charge in [0.2, 0.25) is 0 Å². The lowest BCUT2D eigenvalue weighted by molar-refractivity contribution is -0.136. The van der Waals surface area contributed by atoms with Crippen LogP contribution in [0.5, 0.6) is 0 Å². The SMILES string of the molecule is Cc1cc(C(=O)N2CCCN(C(=O)c3ccc(N)c(C(F)(F)F)c3)CCC2)ccc1N. The van der Waals surface area contributed by atoms with E-state index in [0.29, 0.717) is 50.3 Å². The Balaban J connectivity index is 1.66. The van der Waals surface area contributed by atoms with E-state index < -0.39 is 23.3 Å². The molecule has 0 spiro atoms. The van der Waals surface area contributed by atoms with Crippen LogP contribution in [0.2, 0.25) is 0 Å². The first kappa shape index (κ1) is 22.5. The van der Waals surface area contributed by atoms with E-state index in [2.05, 4.69) is 0 Å². The van der Waals surface area contributed by atoms with Crippen molar-refractivity contribution in [2.45, 2.75) is 25.9 Å². The van der Waals surface area contributed by atoms with Gasteiger partial charge in [0.1, 0.15) is 0 Å². The second-order valence-corrected chi connectivity index (χ2v) is 7.66. The molecule has 0 saturated carbocycles. The lowest BCUT2D eigenvalue weighted by Crippen LogP contribution is -2.42. The van der Waals surface area contributed by atoms with Crippen molar-refractivity contribution in [3.05, 3.63) is 58.7 Å².